The Morgan fingerprint density at radius 1 is 0.413 bits per heavy atom. The molecule has 8 heteroatoms. The number of hydrogen-bond donors (Lipinski definition) is 4. The summed E-state index contributed by atoms with van der Waals surface area (Å²) in [5, 5.41) is 4.13. The van der Waals surface area contributed by atoms with Gasteiger partial charge in [0.1, 0.15) is 11.5 Å². The van der Waals surface area contributed by atoms with E-state index in [1.807, 2.05) is 0 Å². The number of fused-ring (bicyclic) bond motifs is 8. The minimum Gasteiger partial charge on any atom is -0.494 e. The zero-order valence-electron chi connectivity index (χ0n) is 39.1. The molecule has 0 radical (unpaired) electrons. The van der Waals surface area contributed by atoms with Gasteiger partial charge in [-0.1, -0.05) is 89.0 Å². The van der Waals surface area contributed by atoms with Crippen LogP contribution in [0.3, 0.4) is 0 Å². The quantitative estimate of drug-likeness (QED) is 0.0384. The van der Waals surface area contributed by atoms with E-state index >= 15 is 0 Å². The average Bonchev–Trinajstić information content (AvgIpc) is 4.10. The van der Waals surface area contributed by atoms with Crippen LogP contribution in [0.5, 0.6) is 11.5 Å². The van der Waals surface area contributed by atoms with Crippen molar-refractivity contribution in [3.63, 3.8) is 0 Å². The minimum atomic E-state index is 0.701. The molecule has 4 aromatic heterocycles. The van der Waals surface area contributed by atoms with E-state index in [2.05, 4.69) is 171 Å². The Kier molecular flexibility index (Phi) is 15.7. The summed E-state index contributed by atoms with van der Waals surface area (Å²) in [6.45, 7) is 7.20. The van der Waals surface area contributed by atoms with Gasteiger partial charge in [0.25, 0.3) is 0 Å². The highest BCUT2D eigenvalue weighted by Crippen LogP contribution is 2.28. The van der Waals surface area contributed by atoms with Gasteiger partial charge in [0.15, 0.2) is 0 Å². The number of quaternary nitrogens is 2. The first-order valence-corrected chi connectivity index (χ1v) is 23.8. The molecule has 6 aromatic rings. The normalized spacial score (nSPS) is 12.9. The first-order chi connectivity index (χ1) is 30.5. The molecule has 0 amide bonds. The first kappa shape index (κ1) is 45.6. The van der Waals surface area contributed by atoms with Gasteiger partial charge in [0, 0.05) is 68.2 Å². The Hall–Kier alpha value is -5.44. The summed E-state index contributed by atoms with van der Waals surface area (Å²) in [5.41, 5.74) is 8.53. The lowest BCUT2D eigenvalue weighted by atomic mass is 10.0. The average molecular weight is 851 g/mol. The third-order valence-electron chi connectivity index (χ3n) is 12.4. The molecule has 8 bridgehead atoms. The van der Waals surface area contributed by atoms with Crippen LogP contribution < -0.4 is 30.9 Å². The molecule has 8 nitrogen and oxygen atoms in total. The molecule has 0 spiro atoms. The fourth-order valence-corrected chi connectivity index (χ4v) is 8.80. The van der Waals surface area contributed by atoms with Gasteiger partial charge in [-0.15, -0.1) is 0 Å². The number of nitrogens with one attached hydrogen (secondary N) is 4. The second-order valence-corrected chi connectivity index (χ2v) is 19.4. The number of nitrogens with zero attached hydrogens (tertiary/aromatic N) is 2. The Bertz CT molecular complexity index is 2580. The van der Waals surface area contributed by atoms with Crippen molar-refractivity contribution in [2.75, 3.05) is 68.1 Å². The summed E-state index contributed by atoms with van der Waals surface area (Å²) >= 11 is 0. The summed E-state index contributed by atoms with van der Waals surface area (Å²) < 4.78 is 14.6. The molecule has 0 fully saturated rings. The van der Waals surface area contributed by atoms with Crippen LogP contribution in [0.2, 0.25) is 0 Å². The van der Waals surface area contributed by atoms with Gasteiger partial charge in [0.05, 0.1) is 68.1 Å². The molecule has 0 unspecified atom stereocenters. The first-order valence-electron chi connectivity index (χ1n) is 23.8. The number of aromatic nitrogens is 4. The Labute approximate surface area is 376 Å². The SMILES string of the molecule is CCCCCCCCCCCCOc1ccc(C2=c3ccc([nH]3)=Cc3ccc([nH]3)C=c3ccc([nH]3)=C(c3ccc(OCCC[N+](C)(C)CCC[N+](C)(C)C)cc3)c3ccc2[nH]3)cc1. The van der Waals surface area contributed by atoms with Crippen molar-refractivity contribution in [3.05, 3.63) is 152 Å². The van der Waals surface area contributed by atoms with Gasteiger partial charge in [-0.05, 0) is 102 Å². The predicted molar refractivity (Wildman–Crippen MR) is 262 cm³/mol. The molecule has 5 heterocycles. The Morgan fingerprint density at radius 2 is 0.873 bits per heavy atom. The fourth-order valence-electron chi connectivity index (χ4n) is 8.80. The van der Waals surface area contributed by atoms with Crippen LogP contribution in [0.25, 0.3) is 23.3 Å². The lowest BCUT2D eigenvalue weighted by Crippen LogP contribution is -2.44. The van der Waals surface area contributed by atoms with Crippen molar-refractivity contribution in [3.8, 4) is 11.5 Å². The Balaban J connectivity index is 1.09. The summed E-state index contributed by atoms with van der Waals surface area (Å²) in [5.74, 6) is 1.80. The van der Waals surface area contributed by atoms with Gasteiger partial charge in [-0.25, -0.2) is 0 Å². The van der Waals surface area contributed by atoms with Crippen molar-refractivity contribution in [1.82, 2.24) is 19.9 Å². The highest BCUT2D eigenvalue weighted by molar-refractivity contribution is 5.82. The number of unbranched alkanes of at least 4 members (excludes halogenated alkanes) is 9. The molecule has 1 aliphatic heterocycles. The van der Waals surface area contributed by atoms with E-state index in [1.54, 1.807) is 0 Å². The highest BCUT2D eigenvalue weighted by atomic mass is 16.5. The van der Waals surface area contributed by atoms with Crippen LogP contribution in [-0.4, -0.2) is 97.0 Å². The van der Waals surface area contributed by atoms with Gasteiger partial charge in [-0.3, -0.25) is 0 Å². The highest BCUT2D eigenvalue weighted by Gasteiger charge is 2.18. The third-order valence-corrected chi connectivity index (χ3v) is 12.4. The van der Waals surface area contributed by atoms with Gasteiger partial charge >= 0.3 is 0 Å². The number of aromatic amines is 4. The molecule has 0 saturated heterocycles. The lowest BCUT2D eigenvalue weighted by molar-refractivity contribution is -0.902. The second-order valence-electron chi connectivity index (χ2n) is 19.4. The largest absolute Gasteiger partial charge is 0.494 e. The maximum absolute atomic E-state index is 6.31. The van der Waals surface area contributed by atoms with Crippen molar-refractivity contribution in [2.24, 2.45) is 0 Å². The van der Waals surface area contributed by atoms with Crippen LogP contribution in [0, 0.1) is 0 Å². The molecular weight excluding hydrogens is 777 g/mol. The number of ether oxygens (including phenoxy) is 2. The third kappa shape index (κ3) is 13.5. The van der Waals surface area contributed by atoms with Crippen molar-refractivity contribution < 1.29 is 18.4 Å². The van der Waals surface area contributed by atoms with E-state index in [0.29, 0.717) is 6.61 Å². The summed E-state index contributed by atoms with van der Waals surface area (Å²) in [4.78, 5) is 14.9. The van der Waals surface area contributed by atoms with Crippen LogP contribution in [0.15, 0.2) is 97.1 Å². The van der Waals surface area contributed by atoms with E-state index in [0.717, 1.165) is 113 Å². The molecule has 1 aliphatic rings. The van der Waals surface area contributed by atoms with Crippen LogP contribution in [0.1, 0.15) is 118 Å². The van der Waals surface area contributed by atoms with E-state index in [1.165, 1.54) is 77.3 Å². The summed E-state index contributed by atoms with van der Waals surface area (Å²) in [6.07, 6.45) is 19.7. The van der Waals surface area contributed by atoms with Gasteiger partial charge in [0.2, 0.25) is 0 Å². The molecule has 0 aliphatic carbocycles. The van der Waals surface area contributed by atoms with Crippen molar-refractivity contribution in [2.45, 2.75) is 84.0 Å². The molecule has 7 rings (SSSR count). The van der Waals surface area contributed by atoms with E-state index in [4.69, 9.17) is 9.47 Å². The zero-order chi connectivity index (χ0) is 44.1. The molecule has 0 atom stereocenters. The molecule has 2 aromatic carbocycles. The second kappa shape index (κ2) is 21.8. The predicted octanol–water partition coefficient (Wildman–Crippen LogP) is 8.71. The maximum atomic E-state index is 6.31. The molecule has 0 saturated carbocycles. The van der Waals surface area contributed by atoms with E-state index in [-0.39, 0.29) is 0 Å². The Morgan fingerprint density at radius 3 is 1.37 bits per heavy atom. The standard InChI is InChI=1S/C55H74N6O2/c1-7-8-9-10-11-12-13-14-15-16-38-62-48-27-19-42(20-28-48)54-50-31-25-46(57-50)40-44-23-24-45(56-44)41-47-26-32-51(58-47)55(53-34-33-52(54)59-53)43-21-29-49(30-22-43)63-39-18-37-61(5,6)36-17-35-60(2,3)4/h19-34,40-41,56-59H,7-18,35-39H2,1-6H3/q+2. The van der Waals surface area contributed by atoms with E-state index in [9.17, 15) is 0 Å². The van der Waals surface area contributed by atoms with Crippen LogP contribution >= 0.6 is 0 Å². The monoisotopic (exact) mass is 851 g/mol. The van der Waals surface area contributed by atoms with Crippen LogP contribution in [0.4, 0.5) is 0 Å². The van der Waals surface area contributed by atoms with Crippen molar-refractivity contribution in [1.29, 1.82) is 0 Å². The lowest BCUT2D eigenvalue weighted by Gasteiger charge is -2.31. The fraction of sp³-hybridized carbons (Fsp3) is 0.418. The number of benzene rings is 2. The number of H-pyrrole nitrogens is 4. The van der Waals surface area contributed by atoms with Crippen molar-refractivity contribution >= 4 is 23.3 Å². The minimum absolute atomic E-state index is 0.701. The topological polar surface area (TPSA) is 81.6 Å². The van der Waals surface area contributed by atoms with Gasteiger partial charge < -0.3 is 38.4 Å². The number of hydrogen-bond acceptors (Lipinski definition) is 2. The smallest absolute Gasteiger partial charge is 0.119 e. The van der Waals surface area contributed by atoms with E-state index < -0.39 is 0 Å². The molecule has 334 valence electrons. The summed E-state index contributed by atoms with van der Waals surface area (Å²) in [6, 6.07) is 34.5. The van der Waals surface area contributed by atoms with Gasteiger partial charge in [-0.2, -0.15) is 0 Å². The molecular formula is C55H74N6O2+2. The number of rotatable bonds is 23. The maximum Gasteiger partial charge on any atom is 0.119 e. The molecule has 63 heavy (non-hydrogen) atoms. The molecule has 4 N–H and O–H groups in total. The zero-order valence-corrected chi connectivity index (χ0v) is 39.1. The summed E-state index contributed by atoms with van der Waals surface area (Å²) in [7, 11) is 11.5. The van der Waals surface area contributed by atoms with Crippen LogP contribution in [-0.2, 0) is 0 Å².